The van der Waals surface area contributed by atoms with Gasteiger partial charge in [-0.1, -0.05) is 23.7 Å². The fourth-order valence-corrected chi connectivity index (χ4v) is 3.71. The van der Waals surface area contributed by atoms with Gasteiger partial charge >= 0.3 is 0 Å². The minimum absolute atomic E-state index is 0.242. The summed E-state index contributed by atoms with van der Waals surface area (Å²) in [4.78, 5) is 0. The van der Waals surface area contributed by atoms with Gasteiger partial charge in [0.15, 0.2) is 0 Å². The average Bonchev–Trinajstić information content (AvgIpc) is 2.81. The van der Waals surface area contributed by atoms with Crippen LogP contribution in [0.4, 0.5) is 0 Å². The lowest BCUT2D eigenvalue weighted by atomic mass is 9.79. The molecule has 0 spiro atoms. The molecule has 0 aliphatic carbocycles. The minimum atomic E-state index is -0.261. The van der Waals surface area contributed by atoms with E-state index in [4.69, 9.17) is 39.5 Å². The molecule has 1 nitrogen and oxygen atoms in total. The number of rotatable bonds is 5. The summed E-state index contributed by atoms with van der Waals surface area (Å²) >= 11 is 18.6. The largest absolute Gasteiger partial charge is 0.375 e. The molecular weight excluding hydrogens is 303 g/mol. The normalized spacial score (nSPS) is 23.8. The number of hydrogen-bond acceptors (Lipinski definition) is 1. The van der Waals surface area contributed by atoms with Crippen molar-refractivity contribution in [2.45, 2.75) is 43.8 Å². The first-order valence-electron chi connectivity index (χ1n) is 6.63. The Balaban J connectivity index is 2.21. The minimum Gasteiger partial charge on any atom is -0.375 e. The third-order valence-corrected chi connectivity index (χ3v) is 5.15. The molecule has 1 fully saturated rings. The van der Waals surface area contributed by atoms with Crippen LogP contribution in [0.2, 0.25) is 5.02 Å². The van der Waals surface area contributed by atoms with Gasteiger partial charge in [-0.15, -0.1) is 23.2 Å². The lowest BCUT2D eigenvalue weighted by molar-refractivity contribution is 0.0400. The zero-order valence-corrected chi connectivity index (χ0v) is 13.3. The number of alkyl halides is 2. The van der Waals surface area contributed by atoms with Crippen LogP contribution in [0.1, 0.15) is 31.7 Å². The van der Waals surface area contributed by atoms with Crippen LogP contribution >= 0.6 is 34.8 Å². The maximum atomic E-state index is 6.24. The Morgan fingerprint density at radius 3 is 2.53 bits per heavy atom. The number of ether oxygens (including phenoxy) is 1. The lowest BCUT2D eigenvalue weighted by Gasteiger charge is -2.33. The molecule has 1 aliphatic rings. The second-order valence-electron chi connectivity index (χ2n) is 5.41. The van der Waals surface area contributed by atoms with E-state index in [0.29, 0.717) is 17.9 Å². The van der Waals surface area contributed by atoms with E-state index in [0.717, 1.165) is 29.8 Å². The molecule has 0 aromatic heterocycles. The van der Waals surface area contributed by atoms with Crippen LogP contribution in [0.15, 0.2) is 24.3 Å². The molecule has 1 aromatic rings. The molecule has 2 rings (SSSR count). The molecule has 0 bridgehead atoms. The number of benzene rings is 1. The van der Waals surface area contributed by atoms with Crippen molar-refractivity contribution in [2.24, 2.45) is 0 Å². The van der Waals surface area contributed by atoms with Gasteiger partial charge in [-0.2, -0.15) is 0 Å². The van der Waals surface area contributed by atoms with Crippen molar-refractivity contribution < 1.29 is 4.74 Å². The van der Waals surface area contributed by atoms with Crippen molar-refractivity contribution in [3.05, 3.63) is 34.9 Å². The molecule has 0 radical (unpaired) electrons. The monoisotopic (exact) mass is 320 g/mol. The predicted octanol–water partition coefficient (Wildman–Crippen LogP) is 5.01. The summed E-state index contributed by atoms with van der Waals surface area (Å²) < 4.78 is 5.92. The van der Waals surface area contributed by atoms with Crippen LogP contribution in [0, 0.1) is 0 Å². The fraction of sp³-hybridized carbons (Fsp3) is 0.600. The van der Waals surface area contributed by atoms with Crippen LogP contribution in [0.3, 0.4) is 0 Å². The Morgan fingerprint density at radius 1 is 1.26 bits per heavy atom. The second kappa shape index (κ2) is 6.67. The molecule has 1 saturated heterocycles. The van der Waals surface area contributed by atoms with Crippen LogP contribution in [0.25, 0.3) is 0 Å². The highest BCUT2D eigenvalue weighted by molar-refractivity contribution is 6.30. The summed E-state index contributed by atoms with van der Waals surface area (Å²) in [6.07, 6.45) is 3.63. The first-order chi connectivity index (χ1) is 9.09. The topological polar surface area (TPSA) is 9.23 Å². The quantitative estimate of drug-likeness (QED) is 0.692. The van der Waals surface area contributed by atoms with E-state index in [1.165, 1.54) is 0 Å². The van der Waals surface area contributed by atoms with Crippen molar-refractivity contribution in [2.75, 3.05) is 11.8 Å². The maximum absolute atomic E-state index is 6.24. The van der Waals surface area contributed by atoms with Gasteiger partial charge in [0.2, 0.25) is 0 Å². The molecule has 19 heavy (non-hydrogen) atoms. The smallest absolute Gasteiger partial charge is 0.0589 e. The van der Waals surface area contributed by atoms with E-state index in [9.17, 15) is 0 Å². The van der Waals surface area contributed by atoms with Crippen molar-refractivity contribution in [1.82, 2.24) is 0 Å². The molecule has 1 aromatic carbocycles. The van der Waals surface area contributed by atoms with Crippen LogP contribution in [-0.4, -0.2) is 24.0 Å². The van der Waals surface area contributed by atoms with Gasteiger partial charge < -0.3 is 4.74 Å². The van der Waals surface area contributed by atoms with Crippen molar-refractivity contribution in [3.63, 3.8) is 0 Å². The third kappa shape index (κ3) is 3.58. The Hall–Kier alpha value is 0.0500. The van der Waals surface area contributed by atoms with Gasteiger partial charge in [0, 0.05) is 22.2 Å². The fourth-order valence-electron chi connectivity index (χ4n) is 2.71. The molecule has 2 unspecified atom stereocenters. The zero-order valence-electron chi connectivity index (χ0n) is 11.0. The second-order valence-corrected chi connectivity index (χ2v) is 6.38. The van der Waals surface area contributed by atoms with E-state index < -0.39 is 0 Å². The summed E-state index contributed by atoms with van der Waals surface area (Å²) in [5, 5.41) is 0.720. The Bertz CT molecular complexity index is 418. The molecule has 1 aliphatic heterocycles. The van der Waals surface area contributed by atoms with Gasteiger partial charge in [0.25, 0.3) is 0 Å². The molecular formula is C15H19Cl3O. The third-order valence-electron chi connectivity index (χ3n) is 3.89. The molecule has 106 valence electrons. The molecule has 4 heteroatoms. The van der Waals surface area contributed by atoms with E-state index in [-0.39, 0.29) is 11.5 Å². The maximum Gasteiger partial charge on any atom is 0.0589 e. The van der Waals surface area contributed by atoms with Crippen LogP contribution in [-0.2, 0) is 10.2 Å². The predicted molar refractivity (Wildman–Crippen MR) is 82.8 cm³/mol. The molecule has 2 atom stereocenters. The van der Waals surface area contributed by atoms with E-state index in [1.54, 1.807) is 0 Å². The van der Waals surface area contributed by atoms with Crippen LogP contribution in [0.5, 0.6) is 0 Å². The average molecular weight is 322 g/mol. The Morgan fingerprint density at radius 2 is 2.00 bits per heavy atom. The molecule has 0 amide bonds. The lowest BCUT2D eigenvalue weighted by Crippen LogP contribution is -2.35. The first-order valence-corrected chi connectivity index (χ1v) is 8.08. The van der Waals surface area contributed by atoms with Gasteiger partial charge in [0.1, 0.15) is 0 Å². The van der Waals surface area contributed by atoms with E-state index >= 15 is 0 Å². The Kier molecular flexibility index (Phi) is 5.42. The Labute approximate surface area is 130 Å². The summed E-state index contributed by atoms with van der Waals surface area (Å²) in [5.41, 5.74) is 0.844. The number of hydrogen-bond donors (Lipinski definition) is 0. The van der Waals surface area contributed by atoms with Crippen molar-refractivity contribution >= 4 is 34.8 Å². The summed E-state index contributed by atoms with van der Waals surface area (Å²) in [5.74, 6) is 0.955. The molecule has 0 saturated carbocycles. The summed E-state index contributed by atoms with van der Waals surface area (Å²) in [6, 6.07) is 7.83. The zero-order chi connectivity index (χ0) is 13.9. The van der Waals surface area contributed by atoms with Crippen LogP contribution < -0.4 is 0 Å². The molecule has 1 heterocycles. The van der Waals surface area contributed by atoms with Crippen molar-refractivity contribution in [1.29, 1.82) is 0 Å². The summed E-state index contributed by atoms with van der Waals surface area (Å²) in [7, 11) is 0. The SMILES string of the molecule is CC1CCC(CC(CCl)(CCl)c2cccc(Cl)c2)O1. The van der Waals surface area contributed by atoms with Gasteiger partial charge in [0.05, 0.1) is 12.2 Å². The van der Waals surface area contributed by atoms with E-state index in [2.05, 4.69) is 13.0 Å². The summed E-state index contributed by atoms with van der Waals surface area (Å²) in [6.45, 7) is 2.11. The van der Waals surface area contributed by atoms with Crippen molar-refractivity contribution in [3.8, 4) is 0 Å². The molecule has 0 N–H and O–H groups in total. The van der Waals surface area contributed by atoms with Gasteiger partial charge in [-0.3, -0.25) is 0 Å². The van der Waals surface area contributed by atoms with Gasteiger partial charge in [-0.05, 0) is 43.9 Å². The van der Waals surface area contributed by atoms with Gasteiger partial charge in [-0.25, -0.2) is 0 Å². The van der Waals surface area contributed by atoms with E-state index in [1.807, 2.05) is 18.2 Å². The number of halogens is 3. The highest BCUT2D eigenvalue weighted by Gasteiger charge is 2.36. The highest BCUT2D eigenvalue weighted by Crippen LogP contribution is 2.37. The standard InChI is InChI=1S/C15H19Cl3O/c1-11-5-6-14(19-11)8-15(9-16,10-17)12-3-2-4-13(18)7-12/h2-4,7,11,14H,5-6,8-10H2,1H3. The first kappa shape index (κ1) is 15.4. The highest BCUT2D eigenvalue weighted by atomic mass is 35.5.